The molecule has 2 aliphatic heterocycles. The number of fused-ring (bicyclic) bond motifs is 1. The van der Waals surface area contributed by atoms with Gasteiger partial charge in [-0.25, -0.2) is 8.42 Å². The third-order valence-corrected chi connectivity index (χ3v) is 6.17. The van der Waals surface area contributed by atoms with Gasteiger partial charge in [0.05, 0.1) is 17.7 Å². The number of ether oxygens (including phenoxy) is 2. The van der Waals surface area contributed by atoms with Crippen LogP contribution in [0.3, 0.4) is 0 Å². The number of rotatable bonds is 4. The van der Waals surface area contributed by atoms with Gasteiger partial charge in [0, 0.05) is 32.2 Å². The van der Waals surface area contributed by atoms with Crippen molar-refractivity contribution in [3.63, 3.8) is 0 Å². The third kappa shape index (κ3) is 2.88. The Morgan fingerprint density at radius 2 is 1.79 bits per heavy atom. The lowest BCUT2D eigenvalue weighted by molar-refractivity contribution is 0.170. The number of hydrogen-bond donors (Lipinski definition) is 0. The lowest BCUT2D eigenvalue weighted by Gasteiger charge is -2.33. The molecule has 1 aromatic carbocycles. The third-order valence-electron chi connectivity index (χ3n) is 4.27. The van der Waals surface area contributed by atoms with Crippen LogP contribution in [0.1, 0.15) is 5.76 Å². The maximum Gasteiger partial charge on any atom is 0.243 e. The number of sulfonamides is 1. The summed E-state index contributed by atoms with van der Waals surface area (Å²) in [6.07, 6.45) is 1.65. The molecule has 0 radical (unpaired) electrons. The van der Waals surface area contributed by atoms with Crippen LogP contribution >= 0.6 is 0 Å². The van der Waals surface area contributed by atoms with Crippen molar-refractivity contribution in [2.45, 2.75) is 11.4 Å². The summed E-state index contributed by atoms with van der Waals surface area (Å²) in [5.41, 5.74) is 0. The summed E-state index contributed by atoms with van der Waals surface area (Å²) in [6, 6.07) is 8.53. The van der Waals surface area contributed by atoms with Crippen LogP contribution in [0.5, 0.6) is 11.5 Å². The Bertz CT molecular complexity index is 811. The second-order valence-corrected chi connectivity index (χ2v) is 7.71. The van der Waals surface area contributed by atoms with Crippen molar-refractivity contribution < 1.29 is 22.3 Å². The van der Waals surface area contributed by atoms with Gasteiger partial charge in [0.15, 0.2) is 11.5 Å². The van der Waals surface area contributed by atoms with Crippen LogP contribution in [0.15, 0.2) is 45.9 Å². The van der Waals surface area contributed by atoms with Crippen molar-refractivity contribution in [1.29, 1.82) is 0 Å². The molecule has 2 aliphatic rings. The standard InChI is InChI=1S/C16H18N2O5S/c19-24(20,14-3-4-15-16(10-14)23-12-22-15)18-7-5-17(6-8-18)11-13-2-1-9-21-13/h1-4,9-10H,5-8,11-12H2. The summed E-state index contributed by atoms with van der Waals surface area (Å²) in [4.78, 5) is 2.43. The van der Waals surface area contributed by atoms with E-state index in [0.717, 1.165) is 5.76 Å². The Labute approximate surface area is 140 Å². The summed E-state index contributed by atoms with van der Waals surface area (Å²) in [6.45, 7) is 3.08. The van der Waals surface area contributed by atoms with Crippen molar-refractivity contribution in [3.8, 4) is 11.5 Å². The first-order chi connectivity index (χ1) is 11.6. The summed E-state index contributed by atoms with van der Waals surface area (Å²) < 4.78 is 43.0. The predicted molar refractivity (Wildman–Crippen MR) is 85.3 cm³/mol. The molecule has 0 atom stereocenters. The van der Waals surface area contributed by atoms with Crippen molar-refractivity contribution in [2.24, 2.45) is 0 Å². The maximum atomic E-state index is 12.8. The van der Waals surface area contributed by atoms with Crippen molar-refractivity contribution in [3.05, 3.63) is 42.4 Å². The van der Waals surface area contributed by atoms with E-state index in [0.29, 0.717) is 44.2 Å². The van der Waals surface area contributed by atoms with Crippen LogP contribution in [0.4, 0.5) is 0 Å². The first-order valence-electron chi connectivity index (χ1n) is 7.77. The summed E-state index contributed by atoms with van der Waals surface area (Å²) >= 11 is 0. The molecule has 0 spiro atoms. The molecular weight excluding hydrogens is 332 g/mol. The van der Waals surface area contributed by atoms with Crippen LogP contribution in [0.25, 0.3) is 0 Å². The van der Waals surface area contributed by atoms with Gasteiger partial charge in [0.25, 0.3) is 0 Å². The molecule has 1 saturated heterocycles. The summed E-state index contributed by atoms with van der Waals surface area (Å²) in [5, 5.41) is 0. The minimum atomic E-state index is -3.52. The lowest BCUT2D eigenvalue weighted by atomic mass is 10.3. The second kappa shape index (κ2) is 6.12. The Morgan fingerprint density at radius 1 is 1.00 bits per heavy atom. The van der Waals surface area contributed by atoms with E-state index in [1.165, 1.54) is 10.4 Å². The summed E-state index contributed by atoms with van der Waals surface area (Å²) in [5.74, 6) is 1.95. The molecule has 8 heteroatoms. The number of piperazine rings is 1. The van der Waals surface area contributed by atoms with Gasteiger partial charge in [0.1, 0.15) is 5.76 Å². The molecule has 0 amide bonds. The number of hydrogen-bond acceptors (Lipinski definition) is 6. The Kier molecular flexibility index (Phi) is 3.95. The highest BCUT2D eigenvalue weighted by Crippen LogP contribution is 2.34. The molecule has 0 aliphatic carbocycles. The van der Waals surface area contributed by atoms with Gasteiger partial charge < -0.3 is 13.9 Å². The van der Waals surface area contributed by atoms with Crippen LogP contribution < -0.4 is 9.47 Å². The van der Waals surface area contributed by atoms with Gasteiger partial charge in [-0.1, -0.05) is 0 Å². The molecule has 1 fully saturated rings. The average molecular weight is 350 g/mol. The number of benzene rings is 1. The Balaban J connectivity index is 1.44. The summed E-state index contributed by atoms with van der Waals surface area (Å²) in [7, 11) is -3.52. The monoisotopic (exact) mass is 350 g/mol. The number of nitrogens with zero attached hydrogens (tertiary/aromatic N) is 2. The number of furan rings is 1. The molecule has 0 saturated carbocycles. The van der Waals surface area contributed by atoms with Crippen molar-refractivity contribution in [2.75, 3.05) is 33.0 Å². The normalized spacial score (nSPS) is 18.8. The quantitative estimate of drug-likeness (QED) is 0.832. The van der Waals surface area contributed by atoms with Crippen molar-refractivity contribution >= 4 is 10.0 Å². The van der Waals surface area contributed by atoms with Gasteiger partial charge in [-0.05, 0) is 24.3 Å². The first-order valence-corrected chi connectivity index (χ1v) is 9.21. The SMILES string of the molecule is O=S(=O)(c1ccc2c(c1)OCO2)N1CCN(Cc2ccco2)CC1. The molecule has 7 nitrogen and oxygen atoms in total. The largest absolute Gasteiger partial charge is 0.468 e. The topological polar surface area (TPSA) is 72.2 Å². The maximum absolute atomic E-state index is 12.8. The predicted octanol–water partition coefficient (Wildman–Crippen LogP) is 1.51. The Hall–Kier alpha value is -2.03. The smallest absolute Gasteiger partial charge is 0.243 e. The lowest BCUT2D eigenvalue weighted by Crippen LogP contribution is -2.48. The molecule has 128 valence electrons. The molecular formula is C16H18N2O5S. The molecule has 2 aromatic rings. The molecule has 24 heavy (non-hydrogen) atoms. The molecule has 3 heterocycles. The minimum Gasteiger partial charge on any atom is -0.468 e. The van der Waals surface area contributed by atoms with E-state index in [-0.39, 0.29) is 11.7 Å². The van der Waals surface area contributed by atoms with Gasteiger partial charge >= 0.3 is 0 Å². The van der Waals surface area contributed by atoms with E-state index in [9.17, 15) is 8.42 Å². The van der Waals surface area contributed by atoms with E-state index in [1.54, 1.807) is 18.4 Å². The fourth-order valence-electron chi connectivity index (χ4n) is 2.94. The molecule has 0 bridgehead atoms. The van der Waals surface area contributed by atoms with E-state index in [2.05, 4.69) is 4.90 Å². The zero-order valence-electron chi connectivity index (χ0n) is 13.1. The van der Waals surface area contributed by atoms with Gasteiger partial charge in [-0.15, -0.1) is 0 Å². The minimum absolute atomic E-state index is 0.129. The molecule has 0 unspecified atom stereocenters. The Morgan fingerprint density at radius 3 is 2.54 bits per heavy atom. The van der Waals surface area contributed by atoms with E-state index in [4.69, 9.17) is 13.9 Å². The fourth-order valence-corrected chi connectivity index (χ4v) is 4.38. The highest BCUT2D eigenvalue weighted by atomic mass is 32.2. The van der Waals surface area contributed by atoms with E-state index < -0.39 is 10.0 Å². The van der Waals surface area contributed by atoms with Crippen LogP contribution in [-0.4, -0.2) is 50.6 Å². The van der Waals surface area contributed by atoms with Crippen molar-refractivity contribution in [1.82, 2.24) is 9.21 Å². The highest BCUT2D eigenvalue weighted by molar-refractivity contribution is 7.89. The van der Waals surface area contributed by atoms with Gasteiger partial charge in [-0.3, -0.25) is 4.90 Å². The molecule has 4 rings (SSSR count). The van der Waals surface area contributed by atoms with Crippen LogP contribution in [0.2, 0.25) is 0 Å². The van der Waals surface area contributed by atoms with Gasteiger partial charge in [0.2, 0.25) is 16.8 Å². The highest BCUT2D eigenvalue weighted by Gasteiger charge is 2.30. The zero-order chi connectivity index (χ0) is 16.6. The van der Waals surface area contributed by atoms with Gasteiger partial charge in [-0.2, -0.15) is 4.31 Å². The first kappa shape index (κ1) is 15.5. The van der Waals surface area contributed by atoms with Crippen LogP contribution in [0, 0.1) is 0 Å². The van der Waals surface area contributed by atoms with E-state index in [1.807, 2.05) is 12.1 Å². The fraction of sp³-hybridized carbons (Fsp3) is 0.375. The average Bonchev–Trinajstić information content (AvgIpc) is 3.25. The molecule has 0 N–H and O–H groups in total. The van der Waals surface area contributed by atoms with E-state index >= 15 is 0 Å². The zero-order valence-corrected chi connectivity index (χ0v) is 13.9. The van der Waals surface area contributed by atoms with Crippen LogP contribution in [-0.2, 0) is 16.6 Å². The molecule has 1 aromatic heterocycles. The second-order valence-electron chi connectivity index (χ2n) is 5.77.